The lowest BCUT2D eigenvalue weighted by molar-refractivity contribution is -0.113. The van der Waals surface area contributed by atoms with Crippen LogP contribution in [0.3, 0.4) is 0 Å². The standard InChI is InChI=1S/C15H19F2NO/c1-15(2)13(11-5-6-19-14(11)15)18-8-9-3-4-10(16)7-12(9)17/h3-4,7,11,13-14,18H,5-6,8H2,1-2H3. The molecule has 1 aliphatic heterocycles. The number of halogens is 2. The number of rotatable bonds is 3. The predicted molar refractivity (Wildman–Crippen MR) is 68.6 cm³/mol. The molecule has 0 radical (unpaired) electrons. The van der Waals surface area contributed by atoms with Gasteiger partial charge in [0.2, 0.25) is 0 Å². The first kappa shape index (κ1) is 13.0. The van der Waals surface area contributed by atoms with Crippen molar-refractivity contribution in [2.75, 3.05) is 6.61 Å². The molecule has 1 aromatic rings. The van der Waals surface area contributed by atoms with Crippen molar-refractivity contribution in [3.05, 3.63) is 35.4 Å². The van der Waals surface area contributed by atoms with Crippen LogP contribution in [0.25, 0.3) is 0 Å². The first-order valence-corrected chi connectivity index (χ1v) is 6.79. The number of fused-ring (bicyclic) bond motifs is 1. The quantitative estimate of drug-likeness (QED) is 0.909. The smallest absolute Gasteiger partial charge is 0.130 e. The minimum absolute atomic E-state index is 0.0810. The number of ether oxygens (including phenoxy) is 1. The van der Waals surface area contributed by atoms with E-state index in [2.05, 4.69) is 19.2 Å². The van der Waals surface area contributed by atoms with Crippen molar-refractivity contribution in [3.8, 4) is 0 Å². The van der Waals surface area contributed by atoms with Gasteiger partial charge in [0.15, 0.2) is 0 Å². The minimum Gasteiger partial charge on any atom is -0.377 e. The zero-order valence-corrected chi connectivity index (χ0v) is 11.2. The summed E-state index contributed by atoms with van der Waals surface area (Å²) in [6.07, 6.45) is 1.39. The van der Waals surface area contributed by atoms with Crippen molar-refractivity contribution in [2.45, 2.75) is 39.0 Å². The highest BCUT2D eigenvalue weighted by Gasteiger charge is 2.58. The Bertz CT molecular complexity index is 489. The number of nitrogens with one attached hydrogen (secondary N) is 1. The molecule has 19 heavy (non-hydrogen) atoms. The largest absolute Gasteiger partial charge is 0.377 e. The van der Waals surface area contributed by atoms with Gasteiger partial charge in [-0.15, -0.1) is 0 Å². The van der Waals surface area contributed by atoms with Gasteiger partial charge in [-0.3, -0.25) is 0 Å². The third-order valence-corrected chi connectivity index (χ3v) is 4.63. The van der Waals surface area contributed by atoms with E-state index < -0.39 is 11.6 Å². The second kappa shape index (κ2) is 4.53. The molecule has 1 aromatic carbocycles. The molecule has 2 aliphatic rings. The summed E-state index contributed by atoms with van der Waals surface area (Å²) in [4.78, 5) is 0. The van der Waals surface area contributed by atoms with Crippen LogP contribution in [0.1, 0.15) is 25.8 Å². The van der Waals surface area contributed by atoms with E-state index in [1.807, 2.05) is 0 Å². The van der Waals surface area contributed by atoms with Gasteiger partial charge in [-0.05, 0) is 12.5 Å². The molecule has 2 fully saturated rings. The second-order valence-corrected chi connectivity index (χ2v) is 6.16. The van der Waals surface area contributed by atoms with E-state index in [0.29, 0.717) is 30.2 Å². The van der Waals surface area contributed by atoms with Crippen LogP contribution in [0, 0.1) is 23.0 Å². The molecular formula is C15H19F2NO. The fraction of sp³-hybridized carbons (Fsp3) is 0.600. The van der Waals surface area contributed by atoms with Crippen LogP contribution in [-0.4, -0.2) is 18.8 Å². The lowest BCUT2D eigenvalue weighted by Crippen LogP contribution is -2.65. The molecule has 1 heterocycles. The summed E-state index contributed by atoms with van der Waals surface area (Å²) in [6.45, 7) is 5.61. The van der Waals surface area contributed by atoms with E-state index in [4.69, 9.17) is 4.74 Å². The van der Waals surface area contributed by atoms with Crippen molar-refractivity contribution in [2.24, 2.45) is 11.3 Å². The topological polar surface area (TPSA) is 21.3 Å². The van der Waals surface area contributed by atoms with Gasteiger partial charge in [0, 0.05) is 42.2 Å². The Morgan fingerprint density at radius 3 is 2.89 bits per heavy atom. The molecule has 0 amide bonds. The lowest BCUT2D eigenvalue weighted by Gasteiger charge is -2.55. The second-order valence-electron chi connectivity index (χ2n) is 6.16. The maximum Gasteiger partial charge on any atom is 0.130 e. The highest BCUT2D eigenvalue weighted by atomic mass is 19.1. The fourth-order valence-corrected chi connectivity index (χ4v) is 3.62. The van der Waals surface area contributed by atoms with Crippen LogP contribution in [-0.2, 0) is 11.3 Å². The summed E-state index contributed by atoms with van der Waals surface area (Å²) in [7, 11) is 0. The first-order valence-electron chi connectivity index (χ1n) is 6.79. The summed E-state index contributed by atoms with van der Waals surface area (Å²) in [5.74, 6) is -0.489. The van der Waals surface area contributed by atoms with Crippen LogP contribution in [0.2, 0.25) is 0 Å². The normalized spacial score (nSPS) is 31.9. The van der Waals surface area contributed by atoms with Gasteiger partial charge in [-0.1, -0.05) is 19.9 Å². The van der Waals surface area contributed by atoms with Crippen molar-refractivity contribution < 1.29 is 13.5 Å². The van der Waals surface area contributed by atoms with E-state index in [1.165, 1.54) is 12.1 Å². The Kier molecular flexibility index (Phi) is 3.10. The van der Waals surface area contributed by atoms with Gasteiger partial charge >= 0.3 is 0 Å². The average molecular weight is 267 g/mol. The van der Waals surface area contributed by atoms with Crippen molar-refractivity contribution in [3.63, 3.8) is 0 Å². The van der Waals surface area contributed by atoms with Crippen molar-refractivity contribution in [1.82, 2.24) is 5.32 Å². The summed E-state index contributed by atoms with van der Waals surface area (Å²) in [5.41, 5.74) is 0.595. The van der Waals surface area contributed by atoms with Crippen LogP contribution in [0.4, 0.5) is 8.78 Å². The summed E-state index contributed by atoms with van der Waals surface area (Å²) in [6, 6.07) is 4.08. The molecular weight excluding hydrogens is 248 g/mol. The third-order valence-electron chi connectivity index (χ3n) is 4.63. The maximum atomic E-state index is 13.6. The van der Waals surface area contributed by atoms with Crippen LogP contribution in [0.15, 0.2) is 18.2 Å². The zero-order chi connectivity index (χ0) is 13.6. The summed E-state index contributed by atoms with van der Waals surface area (Å²) < 4.78 is 32.2. The summed E-state index contributed by atoms with van der Waals surface area (Å²) in [5, 5.41) is 3.41. The molecule has 3 unspecified atom stereocenters. The molecule has 0 bridgehead atoms. The van der Waals surface area contributed by atoms with Crippen molar-refractivity contribution >= 4 is 0 Å². The number of hydrogen-bond donors (Lipinski definition) is 1. The molecule has 1 aliphatic carbocycles. The Morgan fingerprint density at radius 2 is 2.16 bits per heavy atom. The van der Waals surface area contributed by atoms with E-state index in [0.717, 1.165) is 19.1 Å². The maximum absolute atomic E-state index is 13.6. The third kappa shape index (κ3) is 2.07. The molecule has 1 N–H and O–H groups in total. The van der Waals surface area contributed by atoms with E-state index in [1.54, 1.807) is 0 Å². The molecule has 0 spiro atoms. The van der Waals surface area contributed by atoms with Gasteiger partial charge in [0.05, 0.1) is 6.10 Å². The average Bonchev–Trinajstić information content (AvgIpc) is 2.78. The predicted octanol–water partition coefficient (Wildman–Crippen LogP) is 2.87. The molecule has 1 saturated carbocycles. The molecule has 4 heteroatoms. The lowest BCUT2D eigenvalue weighted by atomic mass is 9.57. The molecule has 1 saturated heterocycles. The van der Waals surface area contributed by atoms with Gasteiger partial charge in [-0.25, -0.2) is 8.78 Å². The Balaban J connectivity index is 1.66. The molecule has 3 atom stereocenters. The Hall–Kier alpha value is -1.00. The highest BCUT2D eigenvalue weighted by molar-refractivity contribution is 5.19. The van der Waals surface area contributed by atoms with Crippen molar-refractivity contribution in [1.29, 1.82) is 0 Å². The molecule has 2 nitrogen and oxygen atoms in total. The van der Waals surface area contributed by atoms with Gasteiger partial charge in [0.1, 0.15) is 11.6 Å². The number of benzene rings is 1. The molecule has 3 rings (SSSR count). The first-order chi connectivity index (χ1) is 9.00. The van der Waals surface area contributed by atoms with Crippen LogP contribution in [0.5, 0.6) is 0 Å². The zero-order valence-electron chi connectivity index (χ0n) is 11.2. The Labute approximate surface area is 112 Å². The Morgan fingerprint density at radius 1 is 1.37 bits per heavy atom. The summed E-state index contributed by atoms with van der Waals surface area (Å²) >= 11 is 0. The van der Waals surface area contributed by atoms with E-state index >= 15 is 0 Å². The molecule has 104 valence electrons. The van der Waals surface area contributed by atoms with E-state index in [-0.39, 0.29) is 5.41 Å². The van der Waals surface area contributed by atoms with Gasteiger partial charge in [0.25, 0.3) is 0 Å². The van der Waals surface area contributed by atoms with Crippen LogP contribution >= 0.6 is 0 Å². The number of hydrogen-bond acceptors (Lipinski definition) is 2. The van der Waals surface area contributed by atoms with Gasteiger partial charge in [-0.2, -0.15) is 0 Å². The highest BCUT2D eigenvalue weighted by Crippen LogP contribution is 2.52. The molecule has 0 aromatic heterocycles. The minimum atomic E-state index is -0.533. The van der Waals surface area contributed by atoms with Crippen LogP contribution < -0.4 is 5.32 Å². The van der Waals surface area contributed by atoms with Gasteiger partial charge < -0.3 is 10.1 Å². The SMILES string of the molecule is CC1(C)C(NCc2ccc(F)cc2F)C2CCOC21. The van der Waals surface area contributed by atoms with E-state index in [9.17, 15) is 8.78 Å². The monoisotopic (exact) mass is 267 g/mol. The fourth-order valence-electron chi connectivity index (χ4n) is 3.62.